The van der Waals surface area contributed by atoms with Crippen molar-refractivity contribution >= 4 is 28.4 Å². The molecule has 0 spiro atoms. The summed E-state index contributed by atoms with van der Waals surface area (Å²) in [4.78, 5) is 9.13. The normalized spacial score (nSPS) is 10.6. The summed E-state index contributed by atoms with van der Waals surface area (Å²) >= 11 is 0. The van der Waals surface area contributed by atoms with Crippen molar-refractivity contribution in [2.45, 2.75) is 6.54 Å². The van der Waals surface area contributed by atoms with E-state index in [1.165, 1.54) is 12.1 Å². The number of rotatable bonds is 6. The fourth-order valence-corrected chi connectivity index (χ4v) is 2.89. The molecule has 0 unspecified atom stereocenters. The first-order chi connectivity index (χ1) is 13.7. The van der Waals surface area contributed by atoms with E-state index in [0.717, 1.165) is 22.2 Å². The van der Waals surface area contributed by atoms with Crippen molar-refractivity contribution in [1.82, 2.24) is 9.97 Å². The van der Waals surface area contributed by atoms with Crippen molar-refractivity contribution in [2.24, 2.45) is 0 Å². The molecule has 4 aromatic rings. The van der Waals surface area contributed by atoms with Crippen LogP contribution in [0, 0.1) is 5.82 Å². The van der Waals surface area contributed by atoms with E-state index in [0.29, 0.717) is 24.0 Å². The van der Waals surface area contributed by atoms with Crippen LogP contribution in [-0.4, -0.2) is 17.1 Å². The van der Waals surface area contributed by atoms with Gasteiger partial charge in [0.15, 0.2) is 0 Å². The molecule has 4 rings (SSSR count). The Morgan fingerprint density at radius 3 is 2.54 bits per heavy atom. The number of anilines is 3. The third-order valence-corrected chi connectivity index (χ3v) is 4.30. The van der Waals surface area contributed by atoms with Gasteiger partial charge in [0.2, 0.25) is 5.95 Å². The van der Waals surface area contributed by atoms with Crippen LogP contribution >= 0.6 is 0 Å². The number of halogens is 1. The third-order valence-electron chi connectivity index (χ3n) is 4.30. The molecule has 28 heavy (non-hydrogen) atoms. The summed E-state index contributed by atoms with van der Waals surface area (Å²) in [7, 11) is 1.65. The summed E-state index contributed by atoms with van der Waals surface area (Å²) in [5.41, 5.74) is 2.49. The van der Waals surface area contributed by atoms with Crippen LogP contribution in [0.5, 0.6) is 5.75 Å². The molecule has 140 valence electrons. The maximum absolute atomic E-state index is 13.5. The van der Waals surface area contributed by atoms with E-state index in [1.807, 2.05) is 48.5 Å². The minimum absolute atomic E-state index is 0.316. The first-order valence-corrected chi connectivity index (χ1v) is 8.87. The molecule has 1 heterocycles. The number of fused-ring (bicyclic) bond motifs is 1. The minimum Gasteiger partial charge on any atom is -0.497 e. The highest BCUT2D eigenvalue weighted by Crippen LogP contribution is 2.24. The molecule has 0 aliphatic heterocycles. The number of nitrogens with one attached hydrogen (secondary N) is 2. The zero-order chi connectivity index (χ0) is 19.3. The van der Waals surface area contributed by atoms with Crippen LogP contribution in [0.1, 0.15) is 5.56 Å². The minimum atomic E-state index is -0.316. The second kappa shape index (κ2) is 7.92. The summed E-state index contributed by atoms with van der Waals surface area (Å²) in [6.45, 7) is 0.602. The van der Waals surface area contributed by atoms with Gasteiger partial charge in [0.25, 0.3) is 0 Å². The average molecular weight is 374 g/mol. The third kappa shape index (κ3) is 4.01. The Morgan fingerprint density at radius 1 is 0.929 bits per heavy atom. The molecule has 3 aromatic carbocycles. The van der Waals surface area contributed by atoms with Crippen molar-refractivity contribution in [3.63, 3.8) is 0 Å². The second-order valence-corrected chi connectivity index (χ2v) is 6.25. The van der Waals surface area contributed by atoms with Crippen molar-refractivity contribution in [1.29, 1.82) is 0 Å². The fraction of sp³-hybridized carbons (Fsp3) is 0.0909. The summed E-state index contributed by atoms with van der Waals surface area (Å²) < 4.78 is 18.7. The number of nitrogens with zero attached hydrogens (tertiary/aromatic N) is 2. The Labute approximate surface area is 162 Å². The number of para-hydroxylation sites is 1. The molecule has 0 fully saturated rings. The molecule has 1 aromatic heterocycles. The lowest BCUT2D eigenvalue weighted by atomic mass is 10.2. The van der Waals surface area contributed by atoms with Crippen LogP contribution in [0.2, 0.25) is 0 Å². The van der Waals surface area contributed by atoms with Gasteiger partial charge < -0.3 is 15.4 Å². The van der Waals surface area contributed by atoms with Gasteiger partial charge in [0.1, 0.15) is 17.4 Å². The maximum atomic E-state index is 13.5. The smallest absolute Gasteiger partial charge is 0.229 e. The highest BCUT2D eigenvalue weighted by Gasteiger charge is 2.08. The molecule has 0 saturated heterocycles. The van der Waals surface area contributed by atoms with E-state index in [9.17, 15) is 4.39 Å². The van der Waals surface area contributed by atoms with E-state index in [4.69, 9.17) is 4.74 Å². The van der Waals surface area contributed by atoms with Gasteiger partial charge in [-0.2, -0.15) is 4.98 Å². The first kappa shape index (κ1) is 17.7. The van der Waals surface area contributed by atoms with Crippen molar-refractivity contribution in [2.75, 3.05) is 17.7 Å². The molecule has 0 amide bonds. The molecule has 6 heteroatoms. The van der Waals surface area contributed by atoms with Gasteiger partial charge in [-0.05, 0) is 48.0 Å². The largest absolute Gasteiger partial charge is 0.497 e. The van der Waals surface area contributed by atoms with Gasteiger partial charge in [-0.1, -0.05) is 30.3 Å². The van der Waals surface area contributed by atoms with E-state index in [1.54, 1.807) is 19.2 Å². The lowest BCUT2D eigenvalue weighted by molar-refractivity contribution is 0.414. The number of aromatic nitrogens is 2. The molecule has 0 radical (unpaired) electrons. The summed E-state index contributed by atoms with van der Waals surface area (Å²) in [5.74, 6) is 1.61. The Hall–Kier alpha value is -3.67. The highest BCUT2D eigenvalue weighted by molar-refractivity contribution is 5.90. The molecule has 0 saturated carbocycles. The lowest BCUT2D eigenvalue weighted by Gasteiger charge is -2.12. The predicted octanol–water partition coefficient (Wildman–Crippen LogP) is 5.13. The maximum Gasteiger partial charge on any atom is 0.229 e. The Kier molecular flexibility index (Phi) is 5.01. The van der Waals surface area contributed by atoms with Gasteiger partial charge in [0, 0.05) is 17.6 Å². The van der Waals surface area contributed by atoms with Crippen molar-refractivity contribution < 1.29 is 9.13 Å². The standard InChI is InChI=1S/C22H19FN4O/c1-28-18-11-9-15(10-12-18)14-24-21-19-7-2-3-8-20(19)26-22(27-21)25-17-6-4-5-16(23)13-17/h2-13H,14H2,1H3,(H2,24,25,26,27). The van der Waals surface area contributed by atoms with Gasteiger partial charge in [-0.25, -0.2) is 9.37 Å². The second-order valence-electron chi connectivity index (χ2n) is 6.25. The molecular formula is C22H19FN4O. The molecule has 5 nitrogen and oxygen atoms in total. The van der Waals surface area contributed by atoms with E-state index in [-0.39, 0.29) is 5.82 Å². The van der Waals surface area contributed by atoms with E-state index >= 15 is 0 Å². The van der Waals surface area contributed by atoms with Gasteiger partial charge in [0.05, 0.1) is 12.6 Å². The predicted molar refractivity (Wildman–Crippen MR) is 110 cm³/mol. The van der Waals surface area contributed by atoms with Crippen LogP contribution < -0.4 is 15.4 Å². The number of hydrogen-bond donors (Lipinski definition) is 2. The molecule has 2 N–H and O–H groups in total. The summed E-state index contributed by atoms with van der Waals surface area (Å²) in [6.07, 6.45) is 0. The number of ether oxygens (including phenoxy) is 1. The van der Waals surface area contributed by atoms with Crippen LogP contribution in [0.4, 0.5) is 21.8 Å². The van der Waals surface area contributed by atoms with Gasteiger partial charge >= 0.3 is 0 Å². The number of benzene rings is 3. The fourth-order valence-electron chi connectivity index (χ4n) is 2.89. The van der Waals surface area contributed by atoms with Crippen LogP contribution in [0.15, 0.2) is 72.8 Å². The van der Waals surface area contributed by atoms with E-state index < -0.39 is 0 Å². The molecule has 0 aliphatic rings. The Morgan fingerprint density at radius 2 is 1.75 bits per heavy atom. The van der Waals surface area contributed by atoms with Crippen LogP contribution in [-0.2, 0) is 6.54 Å². The topological polar surface area (TPSA) is 59.1 Å². The Balaban J connectivity index is 1.62. The zero-order valence-electron chi connectivity index (χ0n) is 15.3. The first-order valence-electron chi connectivity index (χ1n) is 8.87. The number of methoxy groups -OCH3 is 1. The van der Waals surface area contributed by atoms with Crippen LogP contribution in [0.3, 0.4) is 0 Å². The summed E-state index contributed by atoms with van der Waals surface area (Å²) in [6, 6.07) is 21.8. The highest BCUT2D eigenvalue weighted by atomic mass is 19.1. The van der Waals surface area contributed by atoms with E-state index in [2.05, 4.69) is 20.6 Å². The molecule has 0 atom stereocenters. The number of hydrogen-bond acceptors (Lipinski definition) is 5. The molecule has 0 aliphatic carbocycles. The molecule has 0 bridgehead atoms. The lowest BCUT2D eigenvalue weighted by Crippen LogP contribution is -2.06. The Bertz CT molecular complexity index is 1100. The van der Waals surface area contributed by atoms with Crippen LogP contribution in [0.25, 0.3) is 10.9 Å². The molecular weight excluding hydrogens is 355 g/mol. The van der Waals surface area contributed by atoms with Crippen molar-refractivity contribution in [3.8, 4) is 5.75 Å². The SMILES string of the molecule is COc1ccc(CNc2nc(Nc3cccc(F)c3)nc3ccccc23)cc1. The summed E-state index contributed by atoms with van der Waals surface area (Å²) in [5, 5.41) is 7.36. The van der Waals surface area contributed by atoms with Gasteiger partial charge in [-0.3, -0.25) is 0 Å². The van der Waals surface area contributed by atoms with Gasteiger partial charge in [-0.15, -0.1) is 0 Å². The monoisotopic (exact) mass is 374 g/mol. The zero-order valence-corrected chi connectivity index (χ0v) is 15.3. The van der Waals surface area contributed by atoms with Crippen molar-refractivity contribution in [3.05, 3.63) is 84.2 Å². The average Bonchev–Trinajstić information content (AvgIpc) is 2.72. The quantitative estimate of drug-likeness (QED) is 0.490.